The Morgan fingerprint density at radius 1 is 1.42 bits per heavy atom. The summed E-state index contributed by atoms with van der Waals surface area (Å²) in [5, 5.41) is 9.51. The molecule has 7 nitrogen and oxygen atoms in total. The molecule has 0 aliphatic carbocycles. The van der Waals surface area contributed by atoms with Crippen molar-refractivity contribution in [1.29, 1.82) is 0 Å². The lowest BCUT2D eigenvalue weighted by molar-refractivity contribution is 0.187. The number of carbonyl (C=O) groups is 1. The molecule has 24 heavy (non-hydrogen) atoms. The van der Waals surface area contributed by atoms with Gasteiger partial charge in [0, 0.05) is 50.9 Å². The van der Waals surface area contributed by atoms with Gasteiger partial charge in [0.05, 0.1) is 6.61 Å². The summed E-state index contributed by atoms with van der Waals surface area (Å²) in [7, 11) is 1.71. The van der Waals surface area contributed by atoms with E-state index in [9.17, 15) is 4.79 Å². The number of nitrogens with one attached hydrogen (secondary N) is 3. The van der Waals surface area contributed by atoms with Crippen LogP contribution in [0.5, 0.6) is 0 Å². The second kappa shape index (κ2) is 10.2. The van der Waals surface area contributed by atoms with Crippen LogP contribution in [-0.2, 0) is 4.74 Å². The summed E-state index contributed by atoms with van der Waals surface area (Å²) in [5.41, 5.74) is 5.56. The van der Waals surface area contributed by atoms with Crippen molar-refractivity contribution >= 4 is 6.03 Å². The Hall–Kier alpha value is -0.890. The second-order valence-corrected chi connectivity index (χ2v) is 7.93. The molecule has 2 amide bonds. The van der Waals surface area contributed by atoms with Crippen LogP contribution < -0.4 is 21.7 Å². The van der Waals surface area contributed by atoms with E-state index in [4.69, 9.17) is 10.5 Å². The molecule has 0 aromatic heterocycles. The monoisotopic (exact) mass is 343 g/mol. The maximum absolute atomic E-state index is 12.1. The van der Waals surface area contributed by atoms with Crippen LogP contribution >= 0.6 is 0 Å². The Morgan fingerprint density at radius 3 is 2.71 bits per heavy atom. The summed E-state index contributed by atoms with van der Waals surface area (Å²) in [4.78, 5) is 14.6. The highest BCUT2D eigenvalue weighted by Crippen LogP contribution is 2.19. The highest BCUT2D eigenvalue weighted by atomic mass is 16.5. The smallest absolute Gasteiger partial charge is 0.315 e. The molecule has 0 unspecified atom stereocenters. The van der Waals surface area contributed by atoms with E-state index < -0.39 is 0 Å². The standard InChI is InChI=1S/C17H37N5O2/c1-13(9-18)11-22-12-14(20-16(23)21-17(2,3)4)8-15(22)10-19-6-7-24-5/h13-15,19H,6-12,18H2,1-5H3,(H2,20,21,23)/t13-,14+,15-/m0/s1. The third-order valence-electron chi connectivity index (χ3n) is 4.16. The van der Waals surface area contributed by atoms with Crippen molar-refractivity contribution in [3.05, 3.63) is 0 Å². The summed E-state index contributed by atoms with van der Waals surface area (Å²) in [6.07, 6.45) is 0.953. The molecule has 1 aliphatic heterocycles. The van der Waals surface area contributed by atoms with Crippen LogP contribution in [0.25, 0.3) is 0 Å². The van der Waals surface area contributed by atoms with Gasteiger partial charge in [-0.3, -0.25) is 4.90 Å². The van der Waals surface area contributed by atoms with E-state index in [2.05, 4.69) is 27.8 Å². The van der Waals surface area contributed by atoms with Gasteiger partial charge in [0.1, 0.15) is 0 Å². The predicted molar refractivity (Wildman–Crippen MR) is 98.2 cm³/mol. The quantitative estimate of drug-likeness (QED) is 0.454. The van der Waals surface area contributed by atoms with Crippen LogP contribution in [0, 0.1) is 5.92 Å². The molecule has 7 heteroatoms. The van der Waals surface area contributed by atoms with E-state index in [0.717, 1.165) is 32.6 Å². The molecule has 142 valence electrons. The van der Waals surface area contributed by atoms with Crippen molar-refractivity contribution in [2.45, 2.75) is 51.7 Å². The van der Waals surface area contributed by atoms with Crippen LogP contribution in [0.1, 0.15) is 34.1 Å². The van der Waals surface area contributed by atoms with Crippen LogP contribution in [0.4, 0.5) is 4.79 Å². The molecule has 5 N–H and O–H groups in total. The fourth-order valence-electron chi connectivity index (χ4n) is 3.00. The first-order valence-electron chi connectivity index (χ1n) is 8.97. The lowest BCUT2D eigenvalue weighted by Gasteiger charge is -2.27. The Balaban J connectivity index is 2.52. The maximum Gasteiger partial charge on any atom is 0.315 e. The van der Waals surface area contributed by atoms with Crippen LogP contribution in [0.15, 0.2) is 0 Å². The Labute approximate surface area is 147 Å². The molecular formula is C17H37N5O2. The Morgan fingerprint density at radius 2 is 2.12 bits per heavy atom. The number of nitrogens with two attached hydrogens (primary N) is 1. The first kappa shape index (κ1) is 21.2. The molecule has 3 atom stereocenters. The lowest BCUT2D eigenvalue weighted by Crippen LogP contribution is -2.50. The number of hydrogen-bond donors (Lipinski definition) is 4. The van der Waals surface area contributed by atoms with Gasteiger partial charge in [-0.2, -0.15) is 0 Å². The Bertz CT molecular complexity index is 372. The summed E-state index contributed by atoms with van der Waals surface area (Å²) in [5.74, 6) is 0.452. The number of likely N-dealkylation sites (tertiary alicyclic amines) is 1. The van der Waals surface area contributed by atoms with Gasteiger partial charge < -0.3 is 26.4 Å². The summed E-state index contributed by atoms with van der Waals surface area (Å²) >= 11 is 0. The van der Waals surface area contributed by atoms with Crippen molar-refractivity contribution in [3.8, 4) is 0 Å². The molecule has 1 aliphatic rings. The zero-order chi connectivity index (χ0) is 18.2. The fraction of sp³-hybridized carbons (Fsp3) is 0.941. The first-order chi connectivity index (χ1) is 11.2. The Kier molecular flexibility index (Phi) is 8.97. The number of hydrogen-bond acceptors (Lipinski definition) is 5. The number of carbonyl (C=O) groups excluding carboxylic acids is 1. The second-order valence-electron chi connectivity index (χ2n) is 7.93. The molecular weight excluding hydrogens is 306 g/mol. The molecule has 0 saturated carbocycles. The van der Waals surface area contributed by atoms with Gasteiger partial charge >= 0.3 is 6.03 Å². The van der Waals surface area contributed by atoms with E-state index in [1.807, 2.05) is 20.8 Å². The third-order valence-corrected chi connectivity index (χ3v) is 4.16. The van der Waals surface area contributed by atoms with Gasteiger partial charge in [-0.25, -0.2) is 4.79 Å². The van der Waals surface area contributed by atoms with Crippen molar-refractivity contribution in [3.63, 3.8) is 0 Å². The van der Waals surface area contributed by atoms with Gasteiger partial charge in [0.25, 0.3) is 0 Å². The number of rotatable bonds is 9. The predicted octanol–water partition coefficient (Wildman–Crippen LogP) is 0.358. The van der Waals surface area contributed by atoms with Crippen molar-refractivity contribution in [1.82, 2.24) is 20.9 Å². The van der Waals surface area contributed by atoms with E-state index in [1.54, 1.807) is 7.11 Å². The van der Waals surface area contributed by atoms with Crippen LogP contribution in [0.2, 0.25) is 0 Å². The number of ether oxygens (including phenoxy) is 1. The summed E-state index contributed by atoms with van der Waals surface area (Å²) < 4.78 is 5.08. The minimum atomic E-state index is -0.225. The van der Waals surface area contributed by atoms with Crippen molar-refractivity contribution in [2.75, 3.05) is 46.4 Å². The lowest BCUT2D eigenvalue weighted by atomic mass is 10.1. The summed E-state index contributed by atoms with van der Waals surface area (Å²) in [6.45, 7) is 13.1. The molecule has 0 spiro atoms. The zero-order valence-corrected chi connectivity index (χ0v) is 16.0. The minimum Gasteiger partial charge on any atom is -0.383 e. The molecule has 0 radical (unpaired) electrons. The number of nitrogens with zero attached hydrogens (tertiary/aromatic N) is 1. The average molecular weight is 344 g/mol. The van der Waals surface area contributed by atoms with E-state index in [-0.39, 0.29) is 17.6 Å². The minimum absolute atomic E-state index is 0.0904. The summed E-state index contributed by atoms with van der Waals surface area (Å²) in [6, 6.07) is 0.495. The fourth-order valence-corrected chi connectivity index (χ4v) is 3.00. The maximum atomic E-state index is 12.1. The average Bonchev–Trinajstić information content (AvgIpc) is 2.82. The zero-order valence-electron chi connectivity index (χ0n) is 16.0. The van der Waals surface area contributed by atoms with Crippen LogP contribution in [-0.4, -0.2) is 75.0 Å². The topological polar surface area (TPSA) is 91.6 Å². The first-order valence-corrected chi connectivity index (χ1v) is 8.97. The van der Waals surface area contributed by atoms with Gasteiger partial charge in [-0.05, 0) is 39.7 Å². The van der Waals surface area contributed by atoms with Gasteiger partial charge in [-0.1, -0.05) is 6.92 Å². The normalized spacial score (nSPS) is 23.2. The molecule has 1 heterocycles. The number of methoxy groups -OCH3 is 1. The highest BCUT2D eigenvalue weighted by molar-refractivity contribution is 5.75. The van der Waals surface area contributed by atoms with Gasteiger partial charge in [0.2, 0.25) is 0 Å². The largest absolute Gasteiger partial charge is 0.383 e. The molecule has 0 aromatic carbocycles. The van der Waals surface area contributed by atoms with Crippen molar-refractivity contribution in [2.24, 2.45) is 11.7 Å². The SMILES string of the molecule is COCCNC[C@@H]1C[C@@H](NC(=O)NC(C)(C)C)CN1C[C@@H](C)CN. The third kappa shape index (κ3) is 8.28. The molecule has 0 aromatic rings. The van der Waals surface area contributed by atoms with Crippen LogP contribution in [0.3, 0.4) is 0 Å². The van der Waals surface area contributed by atoms with Gasteiger partial charge in [0.15, 0.2) is 0 Å². The van der Waals surface area contributed by atoms with Gasteiger partial charge in [-0.15, -0.1) is 0 Å². The molecule has 1 saturated heterocycles. The number of amides is 2. The van der Waals surface area contributed by atoms with E-state index >= 15 is 0 Å². The van der Waals surface area contributed by atoms with E-state index in [0.29, 0.717) is 25.1 Å². The molecule has 1 fully saturated rings. The molecule has 1 rings (SSSR count). The number of urea groups is 1. The van der Waals surface area contributed by atoms with Crippen molar-refractivity contribution < 1.29 is 9.53 Å². The molecule has 0 bridgehead atoms. The highest BCUT2D eigenvalue weighted by Gasteiger charge is 2.33. The van der Waals surface area contributed by atoms with E-state index in [1.165, 1.54) is 0 Å².